The summed E-state index contributed by atoms with van der Waals surface area (Å²) in [5, 5.41) is 24.8. The number of carbonyl (C=O) groups excluding carboxylic acids is 1. The maximum atomic E-state index is 12.4. The molecule has 1 aliphatic carbocycles. The number of carbonyl (C=O) groups is 1. The molecule has 3 rings (SSSR count). The largest absolute Gasteiger partial charge is 0.508 e. The Balaban J connectivity index is 1.48. The number of hydrogen-bond donors (Lipinski definition) is 2. The molecule has 1 fully saturated rings. The van der Waals surface area contributed by atoms with Gasteiger partial charge in [-0.05, 0) is 71.7 Å². The van der Waals surface area contributed by atoms with Gasteiger partial charge in [-0.25, -0.2) is 0 Å². The number of hydrogen-bond acceptors (Lipinski definition) is 6. The van der Waals surface area contributed by atoms with Gasteiger partial charge in [0.05, 0.1) is 11.4 Å². The van der Waals surface area contributed by atoms with Crippen molar-refractivity contribution in [2.75, 3.05) is 5.75 Å². The molecule has 0 saturated heterocycles. The minimum absolute atomic E-state index is 0.0171. The molecule has 7 nitrogen and oxygen atoms in total. The van der Waals surface area contributed by atoms with Gasteiger partial charge in [0.1, 0.15) is 5.75 Å². The Kier molecular flexibility index (Phi) is 6.59. The van der Waals surface area contributed by atoms with Crippen molar-refractivity contribution < 1.29 is 9.90 Å². The Labute approximate surface area is 170 Å². The molecular weight excluding hydrogens is 374 g/mol. The topological polar surface area (TPSA) is 92.9 Å². The second kappa shape index (κ2) is 8.94. The predicted octanol–water partition coefficient (Wildman–Crippen LogP) is 3.57. The summed E-state index contributed by atoms with van der Waals surface area (Å²) >= 11 is 1.31. The van der Waals surface area contributed by atoms with E-state index >= 15 is 0 Å². The van der Waals surface area contributed by atoms with Crippen LogP contribution in [0, 0.1) is 11.3 Å². The van der Waals surface area contributed by atoms with Gasteiger partial charge in [-0.2, -0.15) is 4.68 Å². The maximum absolute atomic E-state index is 12.4. The van der Waals surface area contributed by atoms with E-state index in [0.29, 0.717) is 10.6 Å². The minimum Gasteiger partial charge on any atom is -0.508 e. The summed E-state index contributed by atoms with van der Waals surface area (Å²) in [6.07, 6.45) is 5.66. The van der Waals surface area contributed by atoms with Crippen molar-refractivity contribution in [2.45, 2.75) is 64.1 Å². The van der Waals surface area contributed by atoms with Gasteiger partial charge in [-0.1, -0.05) is 39.0 Å². The van der Waals surface area contributed by atoms with Crippen LogP contribution in [0.2, 0.25) is 0 Å². The molecule has 1 amide bonds. The number of nitrogens with zero attached hydrogens (tertiary/aromatic N) is 4. The fraction of sp³-hybridized carbons (Fsp3) is 0.600. The Hall–Kier alpha value is -2.09. The molecule has 0 bridgehead atoms. The van der Waals surface area contributed by atoms with Crippen molar-refractivity contribution in [3.8, 4) is 11.4 Å². The van der Waals surface area contributed by atoms with Gasteiger partial charge in [-0.3, -0.25) is 4.79 Å². The number of amides is 1. The molecule has 0 aliphatic heterocycles. The van der Waals surface area contributed by atoms with Gasteiger partial charge in [-0.15, -0.1) is 5.10 Å². The predicted molar refractivity (Wildman–Crippen MR) is 110 cm³/mol. The van der Waals surface area contributed by atoms with Crippen LogP contribution in [0.25, 0.3) is 5.69 Å². The molecule has 0 atom stereocenters. The minimum atomic E-state index is 0.0171. The van der Waals surface area contributed by atoms with Gasteiger partial charge in [0, 0.05) is 6.04 Å². The molecule has 1 aromatic carbocycles. The zero-order valence-electron chi connectivity index (χ0n) is 16.8. The van der Waals surface area contributed by atoms with Crippen LogP contribution in [0.3, 0.4) is 0 Å². The van der Waals surface area contributed by atoms with E-state index in [2.05, 4.69) is 41.6 Å². The molecule has 8 heteroatoms. The molecular formula is C20H29N5O2S. The molecule has 1 heterocycles. The third-order valence-electron chi connectivity index (χ3n) is 5.98. The highest BCUT2D eigenvalue weighted by Crippen LogP contribution is 2.40. The summed E-state index contributed by atoms with van der Waals surface area (Å²) in [6.45, 7) is 6.97. The van der Waals surface area contributed by atoms with Crippen molar-refractivity contribution in [3.63, 3.8) is 0 Å². The molecule has 152 valence electrons. The third-order valence-corrected chi connectivity index (χ3v) is 6.90. The second-order valence-electron chi connectivity index (χ2n) is 8.14. The molecule has 0 spiro atoms. The SMILES string of the molecule is CCC(C)(C)C1CCC(NC(=O)CSc2nnnn2-c2ccc(O)cc2)CC1. The van der Waals surface area contributed by atoms with E-state index in [-0.39, 0.29) is 23.5 Å². The van der Waals surface area contributed by atoms with Gasteiger partial charge in [0.2, 0.25) is 11.1 Å². The van der Waals surface area contributed by atoms with Crippen molar-refractivity contribution in [1.29, 1.82) is 0 Å². The number of aromatic nitrogens is 4. The number of tetrazole rings is 1. The zero-order chi connectivity index (χ0) is 20.1. The van der Waals surface area contributed by atoms with E-state index in [4.69, 9.17) is 0 Å². The average Bonchev–Trinajstić information content (AvgIpc) is 3.16. The first-order valence-electron chi connectivity index (χ1n) is 9.89. The van der Waals surface area contributed by atoms with E-state index < -0.39 is 0 Å². The first-order chi connectivity index (χ1) is 13.4. The number of aromatic hydroxyl groups is 1. The second-order valence-corrected chi connectivity index (χ2v) is 9.08. The molecule has 0 radical (unpaired) electrons. The van der Waals surface area contributed by atoms with Gasteiger partial charge in [0.15, 0.2) is 0 Å². The Morgan fingerprint density at radius 1 is 1.25 bits per heavy atom. The average molecular weight is 404 g/mol. The Morgan fingerprint density at radius 3 is 2.57 bits per heavy atom. The fourth-order valence-electron chi connectivity index (χ4n) is 3.73. The first kappa shape index (κ1) is 20.6. The number of thioether (sulfide) groups is 1. The highest BCUT2D eigenvalue weighted by molar-refractivity contribution is 7.99. The number of phenolic OH excluding ortho intramolecular Hbond substituents is 1. The van der Waals surface area contributed by atoms with Crippen LogP contribution in [0.1, 0.15) is 52.9 Å². The van der Waals surface area contributed by atoms with E-state index in [1.807, 2.05) is 0 Å². The lowest BCUT2D eigenvalue weighted by Crippen LogP contribution is -2.40. The number of rotatable bonds is 7. The lowest BCUT2D eigenvalue weighted by atomic mass is 9.69. The van der Waals surface area contributed by atoms with E-state index in [9.17, 15) is 9.90 Å². The fourth-order valence-corrected chi connectivity index (χ4v) is 4.43. The normalized spacial score (nSPS) is 20.1. The number of benzene rings is 1. The van der Waals surface area contributed by atoms with Crippen molar-refractivity contribution in [1.82, 2.24) is 25.5 Å². The third kappa shape index (κ3) is 5.04. The van der Waals surface area contributed by atoms with E-state index in [1.54, 1.807) is 28.9 Å². The van der Waals surface area contributed by atoms with Gasteiger partial charge in [0.25, 0.3) is 0 Å². The van der Waals surface area contributed by atoms with Gasteiger partial charge >= 0.3 is 0 Å². The number of phenols is 1. The number of nitrogens with one attached hydrogen (secondary N) is 1. The lowest BCUT2D eigenvalue weighted by molar-refractivity contribution is -0.119. The van der Waals surface area contributed by atoms with Crippen LogP contribution in [0.5, 0.6) is 5.75 Å². The quantitative estimate of drug-likeness (QED) is 0.687. The molecule has 2 N–H and O–H groups in total. The molecule has 1 saturated carbocycles. The van der Waals surface area contributed by atoms with Crippen molar-refractivity contribution in [2.24, 2.45) is 11.3 Å². The van der Waals surface area contributed by atoms with Crippen LogP contribution >= 0.6 is 11.8 Å². The van der Waals surface area contributed by atoms with Crippen LogP contribution < -0.4 is 5.32 Å². The monoisotopic (exact) mass is 403 g/mol. The van der Waals surface area contributed by atoms with Crippen LogP contribution in [-0.2, 0) is 4.79 Å². The summed E-state index contributed by atoms with van der Waals surface area (Å²) in [5.74, 6) is 1.22. The highest BCUT2D eigenvalue weighted by atomic mass is 32.2. The summed E-state index contributed by atoms with van der Waals surface area (Å²) in [5.41, 5.74) is 1.12. The molecule has 1 aromatic heterocycles. The maximum Gasteiger partial charge on any atom is 0.230 e. The van der Waals surface area contributed by atoms with Crippen molar-refractivity contribution in [3.05, 3.63) is 24.3 Å². The van der Waals surface area contributed by atoms with Crippen LogP contribution in [-0.4, -0.2) is 43.0 Å². The molecule has 1 aliphatic rings. The standard InChI is InChI=1S/C20H29N5O2S/c1-4-20(2,3)14-5-7-15(8-6-14)21-18(27)13-28-19-22-23-24-25(19)16-9-11-17(26)12-10-16/h9-12,14-15,26H,4-8,13H2,1-3H3,(H,21,27). The Morgan fingerprint density at radius 2 is 1.93 bits per heavy atom. The van der Waals surface area contributed by atoms with E-state index in [0.717, 1.165) is 24.4 Å². The zero-order valence-corrected chi connectivity index (χ0v) is 17.6. The summed E-state index contributed by atoms with van der Waals surface area (Å²) < 4.78 is 1.56. The summed E-state index contributed by atoms with van der Waals surface area (Å²) in [4.78, 5) is 12.4. The first-order valence-corrected chi connectivity index (χ1v) is 10.9. The smallest absolute Gasteiger partial charge is 0.230 e. The van der Waals surface area contributed by atoms with E-state index in [1.165, 1.54) is 31.0 Å². The van der Waals surface area contributed by atoms with Crippen LogP contribution in [0.15, 0.2) is 29.4 Å². The van der Waals surface area contributed by atoms with Crippen LogP contribution in [0.4, 0.5) is 0 Å². The molecule has 28 heavy (non-hydrogen) atoms. The van der Waals surface area contributed by atoms with Gasteiger partial charge < -0.3 is 10.4 Å². The van der Waals surface area contributed by atoms with Crippen molar-refractivity contribution >= 4 is 17.7 Å². The summed E-state index contributed by atoms with van der Waals surface area (Å²) in [6, 6.07) is 6.88. The molecule has 2 aromatic rings. The lowest BCUT2D eigenvalue weighted by Gasteiger charge is -2.39. The summed E-state index contributed by atoms with van der Waals surface area (Å²) in [7, 11) is 0. The highest BCUT2D eigenvalue weighted by Gasteiger charge is 2.32. The molecule has 0 unspecified atom stereocenters. The Bertz CT molecular complexity index is 782.